The van der Waals surface area contributed by atoms with E-state index in [9.17, 15) is 13.2 Å². The molecule has 0 aliphatic heterocycles. The quantitative estimate of drug-likeness (QED) is 0.636. The second-order valence-corrected chi connectivity index (χ2v) is 8.40. The van der Waals surface area contributed by atoms with E-state index in [2.05, 4.69) is 15.0 Å². The molecule has 0 spiro atoms. The summed E-state index contributed by atoms with van der Waals surface area (Å²) >= 11 is 1.55. The SMILES string of the molecule is CNS(=O)(=O)c1ccc(/C=C/C(=O)NCc2nc3ccccc3s2)cc1. The zero-order valence-corrected chi connectivity index (χ0v) is 15.6. The average Bonchev–Trinajstić information content (AvgIpc) is 3.08. The molecule has 3 rings (SSSR count). The Morgan fingerprint density at radius 2 is 1.88 bits per heavy atom. The maximum absolute atomic E-state index is 12.0. The van der Waals surface area contributed by atoms with Crippen LogP contribution in [0.5, 0.6) is 0 Å². The second kappa shape index (κ2) is 7.77. The van der Waals surface area contributed by atoms with Gasteiger partial charge in [0.1, 0.15) is 5.01 Å². The van der Waals surface area contributed by atoms with Gasteiger partial charge in [-0.1, -0.05) is 24.3 Å². The molecule has 0 atom stereocenters. The van der Waals surface area contributed by atoms with Gasteiger partial charge in [-0.3, -0.25) is 4.79 Å². The molecule has 8 heteroatoms. The average molecular weight is 387 g/mol. The first-order chi connectivity index (χ1) is 12.5. The molecular formula is C18H17N3O3S2. The number of nitrogens with one attached hydrogen (secondary N) is 2. The normalized spacial score (nSPS) is 11.9. The first-order valence-corrected chi connectivity index (χ1v) is 10.1. The van der Waals surface area contributed by atoms with Crippen LogP contribution in [0.3, 0.4) is 0 Å². The lowest BCUT2D eigenvalue weighted by molar-refractivity contribution is -0.116. The first-order valence-electron chi connectivity index (χ1n) is 7.82. The predicted molar refractivity (Wildman–Crippen MR) is 103 cm³/mol. The highest BCUT2D eigenvalue weighted by atomic mass is 32.2. The van der Waals surface area contributed by atoms with Crippen LogP contribution in [0.2, 0.25) is 0 Å². The molecule has 0 bridgehead atoms. The van der Waals surface area contributed by atoms with Crippen LogP contribution >= 0.6 is 11.3 Å². The van der Waals surface area contributed by atoms with E-state index in [0.29, 0.717) is 6.54 Å². The van der Waals surface area contributed by atoms with Crippen molar-refractivity contribution < 1.29 is 13.2 Å². The van der Waals surface area contributed by atoms with Gasteiger partial charge in [-0.15, -0.1) is 11.3 Å². The molecule has 2 aromatic carbocycles. The van der Waals surface area contributed by atoms with Gasteiger partial charge in [0.2, 0.25) is 15.9 Å². The summed E-state index contributed by atoms with van der Waals surface area (Å²) < 4.78 is 26.7. The zero-order valence-electron chi connectivity index (χ0n) is 14.0. The van der Waals surface area contributed by atoms with Crippen molar-refractivity contribution in [2.45, 2.75) is 11.4 Å². The van der Waals surface area contributed by atoms with Crippen LogP contribution < -0.4 is 10.0 Å². The van der Waals surface area contributed by atoms with E-state index in [4.69, 9.17) is 0 Å². The van der Waals surface area contributed by atoms with Gasteiger partial charge < -0.3 is 5.32 Å². The van der Waals surface area contributed by atoms with Crippen LogP contribution in [0, 0.1) is 0 Å². The van der Waals surface area contributed by atoms with E-state index >= 15 is 0 Å². The van der Waals surface area contributed by atoms with Gasteiger partial charge in [0.25, 0.3) is 0 Å². The van der Waals surface area contributed by atoms with Crippen LogP contribution in [0.25, 0.3) is 16.3 Å². The number of fused-ring (bicyclic) bond motifs is 1. The molecule has 0 unspecified atom stereocenters. The van der Waals surface area contributed by atoms with Gasteiger partial charge in [0, 0.05) is 6.08 Å². The molecule has 0 saturated heterocycles. The highest BCUT2D eigenvalue weighted by Crippen LogP contribution is 2.21. The van der Waals surface area contributed by atoms with Crippen molar-refractivity contribution in [1.82, 2.24) is 15.0 Å². The number of hydrogen-bond acceptors (Lipinski definition) is 5. The third-order valence-corrected chi connectivity index (χ3v) is 6.10. The largest absolute Gasteiger partial charge is 0.346 e. The number of thiazole rings is 1. The number of sulfonamides is 1. The number of aromatic nitrogens is 1. The molecule has 2 N–H and O–H groups in total. The molecule has 0 aliphatic carbocycles. The van der Waals surface area contributed by atoms with Crippen LogP contribution in [0.4, 0.5) is 0 Å². The van der Waals surface area contributed by atoms with Crippen LogP contribution in [0.1, 0.15) is 10.6 Å². The highest BCUT2D eigenvalue weighted by molar-refractivity contribution is 7.89. The monoisotopic (exact) mass is 387 g/mol. The maximum atomic E-state index is 12.0. The summed E-state index contributed by atoms with van der Waals surface area (Å²) in [6.07, 6.45) is 3.04. The Kier molecular flexibility index (Phi) is 5.46. The molecule has 3 aromatic rings. The number of nitrogens with zero attached hydrogens (tertiary/aromatic N) is 1. The Labute approximate surface area is 155 Å². The van der Waals surface area contributed by atoms with E-state index in [0.717, 1.165) is 20.8 Å². The molecule has 0 fully saturated rings. The molecule has 26 heavy (non-hydrogen) atoms. The summed E-state index contributed by atoms with van der Waals surface area (Å²) in [6.45, 7) is 0.363. The van der Waals surface area contributed by atoms with Crippen molar-refractivity contribution >= 4 is 43.6 Å². The summed E-state index contributed by atoms with van der Waals surface area (Å²) in [7, 11) is -2.10. The van der Waals surface area contributed by atoms with E-state index in [1.54, 1.807) is 29.5 Å². The summed E-state index contributed by atoms with van der Waals surface area (Å²) in [5.41, 5.74) is 1.66. The zero-order chi connectivity index (χ0) is 18.6. The Hall–Kier alpha value is -2.55. The fraction of sp³-hybridized carbons (Fsp3) is 0.111. The van der Waals surface area contributed by atoms with Crippen molar-refractivity contribution in [3.63, 3.8) is 0 Å². The number of amides is 1. The fourth-order valence-electron chi connectivity index (χ4n) is 2.27. The van der Waals surface area contributed by atoms with Crippen molar-refractivity contribution in [3.8, 4) is 0 Å². The van der Waals surface area contributed by atoms with E-state index in [1.165, 1.54) is 25.3 Å². The maximum Gasteiger partial charge on any atom is 0.244 e. The number of rotatable bonds is 6. The fourth-order valence-corrected chi connectivity index (χ4v) is 3.90. The minimum atomic E-state index is -3.46. The smallest absolute Gasteiger partial charge is 0.244 e. The van der Waals surface area contributed by atoms with Crippen LogP contribution in [-0.2, 0) is 21.4 Å². The van der Waals surface area contributed by atoms with Gasteiger partial charge in [0.15, 0.2) is 0 Å². The lowest BCUT2D eigenvalue weighted by atomic mass is 10.2. The van der Waals surface area contributed by atoms with E-state index in [-0.39, 0.29) is 10.8 Å². The summed E-state index contributed by atoms with van der Waals surface area (Å²) in [6, 6.07) is 14.1. The Balaban J connectivity index is 1.59. The summed E-state index contributed by atoms with van der Waals surface area (Å²) in [5.74, 6) is -0.240. The predicted octanol–water partition coefficient (Wildman–Crippen LogP) is 2.53. The standard InChI is InChI=1S/C18H17N3O3S2/c1-19-26(23,24)14-9-6-13(7-10-14)8-11-17(22)20-12-18-21-15-4-2-3-5-16(15)25-18/h2-11,19H,12H2,1H3,(H,20,22)/b11-8+. The van der Waals surface area contributed by atoms with Crippen LogP contribution in [-0.4, -0.2) is 26.4 Å². The van der Waals surface area contributed by atoms with Crippen LogP contribution in [0.15, 0.2) is 59.5 Å². The second-order valence-electron chi connectivity index (χ2n) is 5.40. The molecule has 1 aromatic heterocycles. The van der Waals surface area contributed by atoms with Gasteiger partial charge in [-0.05, 0) is 43.0 Å². The minimum Gasteiger partial charge on any atom is -0.346 e. The van der Waals surface area contributed by atoms with Gasteiger partial charge in [0.05, 0.1) is 21.7 Å². The van der Waals surface area contributed by atoms with E-state index < -0.39 is 10.0 Å². The third-order valence-electron chi connectivity index (χ3n) is 3.64. The molecule has 1 amide bonds. The topological polar surface area (TPSA) is 88.2 Å². The molecular weight excluding hydrogens is 370 g/mol. The summed E-state index contributed by atoms with van der Waals surface area (Å²) in [5, 5.41) is 3.63. The van der Waals surface area contributed by atoms with Crippen molar-refractivity contribution in [1.29, 1.82) is 0 Å². The van der Waals surface area contributed by atoms with E-state index in [1.807, 2.05) is 24.3 Å². The Morgan fingerprint density at radius 3 is 2.58 bits per heavy atom. The number of para-hydroxylation sites is 1. The lowest BCUT2D eigenvalue weighted by Crippen LogP contribution is -2.20. The first kappa shape index (κ1) is 18.2. The Morgan fingerprint density at radius 1 is 1.15 bits per heavy atom. The minimum absolute atomic E-state index is 0.178. The summed E-state index contributed by atoms with van der Waals surface area (Å²) in [4.78, 5) is 16.6. The molecule has 1 heterocycles. The van der Waals surface area contributed by atoms with Crippen molar-refractivity contribution in [3.05, 3.63) is 65.2 Å². The number of carbonyl (C=O) groups is 1. The molecule has 134 valence electrons. The molecule has 0 aliphatic rings. The number of hydrogen-bond donors (Lipinski definition) is 2. The lowest BCUT2D eigenvalue weighted by Gasteiger charge is -2.02. The molecule has 0 saturated carbocycles. The Bertz CT molecular complexity index is 1020. The molecule has 6 nitrogen and oxygen atoms in total. The highest BCUT2D eigenvalue weighted by Gasteiger charge is 2.10. The van der Waals surface area contributed by atoms with Crippen molar-refractivity contribution in [2.24, 2.45) is 0 Å². The van der Waals surface area contributed by atoms with Crippen molar-refractivity contribution in [2.75, 3.05) is 7.05 Å². The number of benzene rings is 2. The molecule has 0 radical (unpaired) electrons. The number of carbonyl (C=O) groups excluding carboxylic acids is 1. The van der Waals surface area contributed by atoms with Gasteiger partial charge >= 0.3 is 0 Å². The van der Waals surface area contributed by atoms with Gasteiger partial charge in [-0.2, -0.15) is 0 Å². The third kappa shape index (κ3) is 4.34. The van der Waals surface area contributed by atoms with Gasteiger partial charge in [-0.25, -0.2) is 18.1 Å².